The Hall–Kier alpha value is -2.32. The topological polar surface area (TPSA) is 74.5 Å². The number of carbonyl (C=O) groups is 1. The zero-order chi connectivity index (χ0) is 14.7. The number of esters is 1. The van der Waals surface area contributed by atoms with Crippen molar-refractivity contribution in [2.24, 2.45) is 4.99 Å². The van der Waals surface area contributed by atoms with Crippen LogP contribution in [0.3, 0.4) is 0 Å². The number of nitrogens with zero attached hydrogens (tertiary/aromatic N) is 2. The van der Waals surface area contributed by atoms with Crippen molar-refractivity contribution in [2.45, 2.75) is 13.8 Å². The van der Waals surface area contributed by atoms with Gasteiger partial charge in [0.05, 0.1) is 18.0 Å². The van der Waals surface area contributed by atoms with E-state index in [1.165, 1.54) is 0 Å². The Kier molecular flexibility index (Phi) is 4.06. The first-order valence-corrected chi connectivity index (χ1v) is 6.38. The number of fused-ring (bicyclic) bond motifs is 1. The van der Waals surface area contributed by atoms with Gasteiger partial charge in [-0.2, -0.15) is 5.26 Å². The molecule has 1 heterocycles. The van der Waals surface area contributed by atoms with Crippen molar-refractivity contribution in [3.63, 3.8) is 0 Å². The van der Waals surface area contributed by atoms with E-state index in [0.717, 1.165) is 5.56 Å². The fourth-order valence-electron chi connectivity index (χ4n) is 1.77. The highest BCUT2D eigenvalue weighted by Crippen LogP contribution is 2.33. The number of hydrogen-bond acceptors (Lipinski definition) is 5. The summed E-state index contributed by atoms with van der Waals surface area (Å²) in [5.74, 6) is -0.720. The minimum Gasteiger partial charge on any atom is -0.462 e. The van der Waals surface area contributed by atoms with Crippen molar-refractivity contribution in [3.05, 3.63) is 35.0 Å². The number of aliphatic imine (C=N–C) groups is 1. The maximum absolute atomic E-state index is 11.7. The van der Waals surface area contributed by atoms with E-state index in [1.807, 2.05) is 31.2 Å². The van der Waals surface area contributed by atoms with Crippen molar-refractivity contribution in [2.75, 3.05) is 11.9 Å². The summed E-state index contributed by atoms with van der Waals surface area (Å²) >= 11 is 6.04. The average molecular weight is 290 g/mol. The molecule has 0 amide bonds. The van der Waals surface area contributed by atoms with E-state index < -0.39 is 5.97 Å². The maximum atomic E-state index is 11.7. The highest BCUT2D eigenvalue weighted by molar-refractivity contribution is 6.70. The monoisotopic (exact) mass is 289 g/mol. The third kappa shape index (κ3) is 2.65. The van der Waals surface area contributed by atoms with Crippen LogP contribution in [0, 0.1) is 18.3 Å². The summed E-state index contributed by atoms with van der Waals surface area (Å²) in [7, 11) is 0. The molecule has 1 aromatic carbocycles. The van der Waals surface area contributed by atoms with E-state index >= 15 is 0 Å². The quantitative estimate of drug-likeness (QED) is 0.516. The van der Waals surface area contributed by atoms with Crippen molar-refractivity contribution in [1.82, 2.24) is 0 Å². The normalized spacial score (nSPS) is 15.4. The minimum atomic E-state index is -0.720. The first-order chi connectivity index (χ1) is 9.56. The summed E-state index contributed by atoms with van der Waals surface area (Å²) in [5, 5.41) is 12.2. The number of aryl methyl sites for hydroxylation is 1. The number of rotatable bonds is 2. The third-order valence-corrected chi connectivity index (χ3v) is 2.95. The summed E-state index contributed by atoms with van der Waals surface area (Å²) in [4.78, 5) is 15.9. The number of carbonyl (C=O) groups excluding carboxylic acids is 1. The number of hydrogen-bond donors (Lipinski definition) is 1. The standard InChI is InChI=1S/C14H12ClN3O2/c1-3-20-14(19)9(7-16)12-13(15)18-10-5-4-8(2)6-11(10)17-12/h4-6,17H,3H2,1-2H3/b12-9-. The van der Waals surface area contributed by atoms with Crippen LogP contribution >= 0.6 is 11.6 Å². The van der Waals surface area contributed by atoms with Crippen molar-refractivity contribution < 1.29 is 9.53 Å². The zero-order valence-electron chi connectivity index (χ0n) is 11.0. The SMILES string of the molecule is CCOC(=O)/C(C#N)=C1\Nc2cc(C)ccc2N=C1Cl. The van der Waals surface area contributed by atoms with Crippen LogP contribution in [-0.4, -0.2) is 17.7 Å². The molecule has 0 radical (unpaired) electrons. The molecule has 20 heavy (non-hydrogen) atoms. The lowest BCUT2D eigenvalue weighted by Crippen LogP contribution is -2.19. The predicted octanol–water partition coefficient (Wildman–Crippen LogP) is 3.03. The molecule has 0 unspecified atom stereocenters. The summed E-state index contributed by atoms with van der Waals surface area (Å²) in [6.07, 6.45) is 0. The Morgan fingerprint density at radius 2 is 2.30 bits per heavy atom. The van der Waals surface area contributed by atoms with Gasteiger partial charge in [-0.25, -0.2) is 9.79 Å². The molecule has 2 rings (SSSR count). The van der Waals surface area contributed by atoms with Gasteiger partial charge in [0, 0.05) is 0 Å². The number of anilines is 1. The summed E-state index contributed by atoms with van der Waals surface area (Å²) in [6, 6.07) is 7.39. The van der Waals surface area contributed by atoms with E-state index in [0.29, 0.717) is 11.4 Å². The van der Waals surface area contributed by atoms with E-state index in [2.05, 4.69) is 10.3 Å². The molecule has 0 bridgehead atoms. The van der Waals surface area contributed by atoms with Gasteiger partial charge < -0.3 is 10.1 Å². The van der Waals surface area contributed by atoms with Crippen LogP contribution in [-0.2, 0) is 9.53 Å². The number of nitrogens with one attached hydrogen (secondary N) is 1. The highest BCUT2D eigenvalue weighted by atomic mass is 35.5. The first-order valence-electron chi connectivity index (χ1n) is 6.00. The van der Waals surface area contributed by atoms with Crippen LogP contribution in [0.4, 0.5) is 11.4 Å². The molecule has 1 N–H and O–H groups in total. The van der Waals surface area contributed by atoms with Gasteiger partial charge >= 0.3 is 5.97 Å². The predicted molar refractivity (Wildman–Crippen MR) is 77.0 cm³/mol. The zero-order valence-corrected chi connectivity index (χ0v) is 11.8. The van der Waals surface area contributed by atoms with Gasteiger partial charge in [-0.05, 0) is 31.5 Å². The molecule has 102 valence electrons. The average Bonchev–Trinajstić information content (AvgIpc) is 2.41. The van der Waals surface area contributed by atoms with Crippen LogP contribution in [0.15, 0.2) is 34.5 Å². The van der Waals surface area contributed by atoms with Crippen LogP contribution in [0.5, 0.6) is 0 Å². The molecule has 0 fully saturated rings. The molecule has 0 spiro atoms. The Morgan fingerprint density at radius 1 is 1.55 bits per heavy atom. The lowest BCUT2D eigenvalue weighted by atomic mass is 10.1. The van der Waals surface area contributed by atoms with Gasteiger partial charge in [-0.15, -0.1) is 0 Å². The second-order valence-corrected chi connectivity index (χ2v) is 4.49. The van der Waals surface area contributed by atoms with E-state index in [9.17, 15) is 4.79 Å². The molecular weight excluding hydrogens is 278 g/mol. The summed E-state index contributed by atoms with van der Waals surface area (Å²) in [6.45, 7) is 3.78. The number of nitriles is 1. The van der Waals surface area contributed by atoms with Crippen LogP contribution in [0.2, 0.25) is 0 Å². The number of benzene rings is 1. The van der Waals surface area contributed by atoms with Crippen molar-refractivity contribution in [3.8, 4) is 6.07 Å². The largest absolute Gasteiger partial charge is 0.462 e. The van der Waals surface area contributed by atoms with Crippen molar-refractivity contribution >= 4 is 34.1 Å². The number of halogens is 1. The van der Waals surface area contributed by atoms with Crippen LogP contribution < -0.4 is 5.32 Å². The Labute approximate surface area is 121 Å². The first kappa shape index (κ1) is 14.1. The van der Waals surface area contributed by atoms with Crippen LogP contribution in [0.25, 0.3) is 0 Å². The summed E-state index contributed by atoms with van der Waals surface area (Å²) in [5.41, 5.74) is 2.36. The van der Waals surface area contributed by atoms with E-state index in [4.69, 9.17) is 21.6 Å². The van der Waals surface area contributed by atoms with Gasteiger partial charge in [-0.1, -0.05) is 17.7 Å². The Balaban J connectivity index is 2.50. The Bertz CT molecular complexity index is 671. The molecule has 1 aliphatic rings. The molecule has 5 nitrogen and oxygen atoms in total. The molecule has 6 heteroatoms. The number of ether oxygens (including phenoxy) is 1. The second-order valence-electron chi connectivity index (χ2n) is 4.13. The molecule has 0 aromatic heterocycles. The van der Waals surface area contributed by atoms with Gasteiger partial charge in [0.2, 0.25) is 0 Å². The van der Waals surface area contributed by atoms with Gasteiger partial charge in [0.1, 0.15) is 11.8 Å². The molecular formula is C14H12ClN3O2. The lowest BCUT2D eigenvalue weighted by molar-refractivity contribution is -0.138. The van der Waals surface area contributed by atoms with Crippen molar-refractivity contribution in [1.29, 1.82) is 5.26 Å². The minimum absolute atomic E-state index is 0.0611. The second kappa shape index (κ2) is 5.76. The van der Waals surface area contributed by atoms with Crippen LogP contribution in [0.1, 0.15) is 12.5 Å². The molecule has 0 atom stereocenters. The number of allylic oxidation sites excluding steroid dienone is 1. The molecule has 1 aliphatic heterocycles. The highest BCUT2D eigenvalue weighted by Gasteiger charge is 2.24. The molecule has 0 saturated heterocycles. The molecule has 1 aromatic rings. The molecule has 0 aliphatic carbocycles. The smallest absolute Gasteiger partial charge is 0.351 e. The van der Waals surface area contributed by atoms with Gasteiger partial charge in [0.15, 0.2) is 10.7 Å². The maximum Gasteiger partial charge on any atom is 0.351 e. The van der Waals surface area contributed by atoms with E-state index in [1.54, 1.807) is 6.92 Å². The molecule has 0 saturated carbocycles. The summed E-state index contributed by atoms with van der Waals surface area (Å²) < 4.78 is 4.84. The van der Waals surface area contributed by atoms with Gasteiger partial charge in [-0.3, -0.25) is 0 Å². The lowest BCUT2D eigenvalue weighted by Gasteiger charge is -2.18. The van der Waals surface area contributed by atoms with E-state index in [-0.39, 0.29) is 23.0 Å². The third-order valence-electron chi connectivity index (χ3n) is 2.68. The fourth-order valence-corrected chi connectivity index (χ4v) is 2.00. The fraction of sp³-hybridized carbons (Fsp3) is 0.214. The van der Waals surface area contributed by atoms with Gasteiger partial charge in [0.25, 0.3) is 0 Å². The Morgan fingerprint density at radius 3 is 2.95 bits per heavy atom.